The van der Waals surface area contributed by atoms with Gasteiger partial charge in [-0.1, -0.05) is 41.9 Å². The van der Waals surface area contributed by atoms with E-state index in [0.717, 1.165) is 4.31 Å². The second-order valence-corrected chi connectivity index (χ2v) is 11.0. The first kappa shape index (κ1) is 23.0. The molecule has 0 saturated heterocycles. The molecule has 0 aliphatic heterocycles. The number of benzene rings is 3. The summed E-state index contributed by atoms with van der Waals surface area (Å²) in [6.07, 6.45) is 2.87. The van der Waals surface area contributed by atoms with Crippen molar-refractivity contribution in [2.75, 3.05) is 11.4 Å². The van der Waals surface area contributed by atoms with E-state index in [0.29, 0.717) is 21.8 Å². The number of nitrogens with zero attached hydrogens (tertiary/aromatic N) is 3. The summed E-state index contributed by atoms with van der Waals surface area (Å²) in [4.78, 5) is -0.646. The Labute approximate surface area is 196 Å². The minimum absolute atomic E-state index is 0.164. The highest BCUT2D eigenvalue weighted by Gasteiger charge is 2.31. The van der Waals surface area contributed by atoms with Crippen LogP contribution in [0.2, 0.25) is 5.02 Å². The number of hydrogen-bond acceptors (Lipinski definition) is 5. The molecule has 3 aromatic carbocycles. The van der Waals surface area contributed by atoms with E-state index in [1.165, 1.54) is 36.3 Å². The van der Waals surface area contributed by atoms with Crippen LogP contribution in [0.1, 0.15) is 0 Å². The summed E-state index contributed by atoms with van der Waals surface area (Å²) in [6, 6.07) is 19.3. The van der Waals surface area contributed by atoms with Crippen LogP contribution >= 0.6 is 11.6 Å². The molecule has 4 rings (SSSR count). The number of rotatable bonds is 6. The van der Waals surface area contributed by atoms with Gasteiger partial charge in [-0.3, -0.25) is 4.31 Å². The molecule has 0 unspecified atom stereocenters. The average molecular weight is 503 g/mol. The predicted octanol–water partition coefficient (Wildman–Crippen LogP) is 3.67. The normalized spacial score (nSPS) is 12.0. The fourth-order valence-electron chi connectivity index (χ4n) is 3.36. The van der Waals surface area contributed by atoms with E-state index < -0.39 is 20.0 Å². The molecule has 0 aliphatic carbocycles. The Morgan fingerprint density at radius 3 is 2.09 bits per heavy atom. The highest BCUT2D eigenvalue weighted by molar-refractivity contribution is 7.93. The molecule has 8 nitrogen and oxygen atoms in total. The van der Waals surface area contributed by atoms with Gasteiger partial charge in [0.05, 0.1) is 5.69 Å². The number of sulfonamides is 2. The third-order valence-corrected chi connectivity index (χ3v) is 7.99. The largest absolute Gasteiger partial charge is 0.269 e. The van der Waals surface area contributed by atoms with Crippen molar-refractivity contribution >= 4 is 37.3 Å². The molecule has 11 heteroatoms. The Balaban J connectivity index is 2.07. The highest BCUT2D eigenvalue weighted by atomic mass is 35.5. The van der Waals surface area contributed by atoms with Gasteiger partial charge in [-0.05, 0) is 53.6 Å². The van der Waals surface area contributed by atoms with Crippen molar-refractivity contribution in [3.63, 3.8) is 0 Å². The Morgan fingerprint density at radius 2 is 1.52 bits per heavy atom. The minimum Gasteiger partial charge on any atom is -0.269 e. The first-order valence-corrected chi connectivity index (χ1v) is 13.0. The van der Waals surface area contributed by atoms with Crippen LogP contribution in [0.15, 0.2) is 95.0 Å². The second kappa shape index (κ2) is 8.64. The Bertz CT molecular complexity index is 1500. The number of nitrogens with two attached hydrogens (primary N) is 1. The molecule has 0 amide bonds. The number of para-hydroxylation sites is 1. The lowest BCUT2D eigenvalue weighted by Gasteiger charge is -2.23. The van der Waals surface area contributed by atoms with E-state index in [1.54, 1.807) is 60.7 Å². The summed E-state index contributed by atoms with van der Waals surface area (Å²) >= 11 is 5.98. The van der Waals surface area contributed by atoms with Crippen LogP contribution in [-0.4, -0.2) is 33.7 Å². The van der Waals surface area contributed by atoms with Crippen LogP contribution in [0.25, 0.3) is 16.8 Å². The van der Waals surface area contributed by atoms with E-state index in [4.69, 9.17) is 16.7 Å². The first-order valence-electron chi connectivity index (χ1n) is 9.60. The standard InChI is InChI=1S/C22H19ClN4O4S2/c1-26(19-6-3-2-4-7-19)33(30,31)21-15-17(16-8-10-18(23)11-9-16)14-20(32(24,28)29)22(21)27-13-5-12-25-27/h2-15H,1H3,(H2,24,28,29). The molecule has 0 atom stereocenters. The lowest BCUT2D eigenvalue weighted by molar-refractivity contribution is 0.591. The van der Waals surface area contributed by atoms with E-state index in [-0.39, 0.29) is 15.5 Å². The topological polar surface area (TPSA) is 115 Å². The maximum absolute atomic E-state index is 13.8. The summed E-state index contributed by atoms with van der Waals surface area (Å²) < 4.78 is 55.1. The molecule has 0 radical (unpaired) electrons. The van der Waals surface area contributed by atoms with E-state index in [2.05, 4.69) is 5.10 Å². The summed E-state index contributed by atoms with van der Waals surface area (Å²) in [6.45, 7) is 0. The van der Waals surface area contributed by atoms with Gasteiger partial charge in [-0.25, -0.2) is 26.7 Å². The van der Waals surface area contributed by atoms with Crippen LogP contribution < -0.4 is 9.44 Å². The first-order chi connectivity index (χ1) is 15.6. The summed E-state index contributed by atoms with van der Waals surface area (Å²) in [5, 5.41) is 10.1. The van der Waals surface area contributed by atoms with Gasteiger partial charge in [0, 0.05) is 24.5 Å². The number of halogens is 1. The van der Waals surface area contributed by atoms with Gasteiger partial charge >= 0.3 is 0 Å². The smallest absolute Gasteiger partial charge is 0.266 e. The molecule has 0 aliphatic rings. The second-order valence-electron chi connectivity index (χ2n) is 7.13. The van der Waals surface area contributed by atoms with E-state index >= 15 is 0 Å². The monoisotopic (exact) mass is 502 g/mol. The molecule has 1 heterocycles. The number of anilines is 1. The van der Waals surface area contributed by atoms with Crippen LogP contribution in [0, 0.1) is 0 Å². The molecular weight excluding hydrogens is 484 g/mol. The van der Waals surface area contributed by atoms with E-state index in [9.17, 15) is 16.8 Å². The molecule has 33 heavy (non-hydrogen) atoms. The molecule has 2 N–H and O–H groups in total. The fourth-order valence-corrected chi connectivity index (χ4v) is 5.73. The van der Waals surface area contributed by atoms with Crippen molar-refractivity contribution in [1.82, 2.24) is 9.78 Å². The van der Waals surface area contributed by atoms with E-state index in [1.807, 2.05) is 0 Å². The number of primary sulfonamides is 1. The lowest BCUT2D eigenvalue weighted by atomic mass is 10.1. The van der Waals surface area contributed by atoms with Gasteiger partial charge < -0.3 is 0 Å². The Kier molecular flexibility index (Phi) is 6.02. The molecule has 0 bridgehead atoms. The van der Waals surface area contributed by atoms with Crippen molar-refractivity contribution < 1.29 is 16.8 Å². The molecular formula is C22H19ClN4O4S2. The van der Waals surface area contributed by atoms with Gasteiger partial charge in [-0.15, -0.1) is 0 Å². The van der Waals surface area contributed by atoms with Crippen LogP contribution in [0.5, 0.6) is 0 Å². The average Bonchev–Trinajstić information content (AvgIpc) is 3.33. The summed E-state index contributed by atoms with van der Waals surface area (Å²) in [7, 11) is -7.19. The van der Waals surface area contributed by atoms with Gasteiger partial charge in [0.1, 0.15) is 15.5 Å². The SMILES string of the molecule is CN(c1ccccc1)S(=O)(=O)c1cc(-c2ccc(Cl)cc2)cc(S(N)(=O)=O)c1-n1cccn1. The third-order valence-electron chi connectivity index (χ3n) is 5.02. The zero-order chi connectivity index (χ0) is 23.8. The Hall–Kier alpha value is -3.18. The number of aromatic nitrogens is 2. The summed E-state index contributed by atoms with van der Waals surface area (Å²) in [5.74, 6) is 0. The van der Waals surface area contributed by atoms with Crippen LogP contribution in [0.4, 0.5) is 5.69 Å². The zero-order valence-corrected chi connectivity index (χ0v) is 19.7. The van der Waals surface area contributed by atoms with Crippen molar-refractivity contribution in [2.24, 2.45) is 5.14 Å². The van der Waals surface area contributed by atoms with Crippen molar-refractivity contribution in [1.29, 1.82) is 0 Å². The minimum atomic E-state index is -4.34. The van der Waals surface area contributed by atoms with Gasteiger partial charge in [0.15, 0.2) is 0 Å². The molecule has 4 aromatic rings. The molecule has 1 aromatic heterocycles. The molecule has 0 fully saturated rings. The molecule has 0 saturated carbocycles. The maximum atomic E-state index is 13.8. The predicted molar refractivity (Wildman–Crippen MR) is 127 cm³/mol. The van der Waals surface area contributed by atoms with Crippen molar-refractivity contribution in [3.8, 4) is 16.8 Å². The number of hydrogen-bond donors (Lipinski definition) is 1. The van der Waals surface area contributed by atoms with Gasteiger partial charge in [0.2, 0.25) is 10.0 Å². The third kappa shape index (κ3) is 4.51. The molecule has 170 valence electrons. The Morgan fingerprint density at radius 1 is 0.879 bits per heavy atom. The zero-order valence-electron chi connectivity index (χ0n) is 17.3. The van der Waals surface area contributed by atoms with Crippen molar-refractivity contribution in [2.45, 2.75) is 9.79 Å². The summed E-state index contributed by atoms with van der Waals surface area (Å²) in [5.41, 5.74) is 1.14. The highest BCUT2D eigenvalue weighted by Crippen LogP contribution is 2.35. The van der Waals surface area contributed by atoms with Crippen LogP contribution in [-0.2, 0) is 20.0 Å². The van der Waals surface area contributed by atoms with Gasteiger partial charge in [0.25, 0.3) is 10.0 Å². The fraction of sp³-hybridized carbons (Fsp3) is 0.0455. The molecule has 0 spiro atoms. The van der Waals surface area contributed by atoms with Gasteiger partial charge in [-0.2, -0.15) is 5.10 Å². The maximum Gasteiger partial charge on any atom is 0.266 e. The van der Waals surface area contributed by atoms with Crippen LogP contribution in [0.3, 0.4) is 0 Å². The van der Waals surface area contributed by atoms with Crippen molar-refractivity contribution in [3.05, 3.63) is 90.2 Å². The quantitative estimate of drug-likeness (QED) is 0.432. The lowest BCUT2D eigenvalue weighted by Crippen LogP contribution is -2.29.